The summed E-state index contributed by atoms with van der Waals surface area (Å²) < 4.78 is 0. The Morgan fingerprint density at radius 3 is 1.60 bits per heavy atom. The monoisotopic (exact) mass is 140 g/mol. The van der Waals surface area contributed by atoms with Crippen molar-refractivity contribution >= 4 is 0 Å². The summed E-state index contributed by atoms with van der Waals surface area (Å²) in [4.78, 5) is 0. The normalized spacial score (nSPS) is 17.3. The molecule has 1 nitrogen and oxygen atoms in total. The Balaban J connectivity index is 4.22. The van der Waals surface area contributed by atoms with Crippen LogP contribution in [0.2, 0.25) is 0 Å². The van der Waals surface area contributed by atoms with Gasteiger partial charge in [0.2, 0.25) is 0 Å². The first kappa shape index (κ1) is 9.44. The van der Waals surface area contributed by atoms with Gasteiger partial charge in [-0.25, -0.2) is 0 Å². The van der Waals surface area contributed by atoms with E-state index in [0.29, 0.717) is 0 Å². The van der Waals surface area contributed by atoms with Crippen LogP contribution in [0.1, 0.15) is 27.7 Å². The first-order valence-corrected chi connectivity index (χ1v) is 3.57. The molecule has 0 fully saturated rings. The summed E-state index contributed by atoms with van der Waals surface area (Å²) in [6, 6.07) is 0. The minimum absolute atomic E-state index is 0.380. The van der Waals surface area contributed by atoms with Crippen LogP contribution in [0.5, 0.6) is 0 Å². The van der Waals surface area contributed by atoms with Gasteiger partial charge in [-0.05, 0) is 38.8 Å². The predicted molar refractivity (Wildman–Crippen MR) is 44.9 cm³/mol. The van der Waals surface area contributed by atoms with E-state index in [0.717, 1.165) is 11.1 Å². The third-order valence-corrected chi connectivity index (χ3v) is 1.77. The minimum Gasteiger partial charge on any atom is -0.384 e. The van der Waals surface area contributed by atoms with Crippen molar-refractivity contribution in [2.45, 2.75) is 33.8 Å². The van der Waals surface area contributed by atoms with Crippen LogP contribution in [0.3, 0.4) is 0 Å². The molecule has 0 rings (SSSR count). The van der Waals surface area contributed by atoms with Crippen LogP contribution in [-0.2, 0) is 0 Å². The van der Waals surface area contributed by atoms with E-state index in [-0.39, 0.29) is 6.10 Å². The quantitative estimate of drug-likeness (QED) is 0.583. The Morgan fingerprint density at radius 2 is 1.40 bits per heavy atom. The van der Waals surface area contributed by atoms with Crippen molar-refractivity contribution in [2.75, 3.05) is 0 Å². The van der Waals surface area contributed by atoms with Crippen molar-refractivity contribution in [3.05, 3.63) is 23.3 Å². The van der Waals surface area contributed by atoms with Crippen molar-refractivity contribution < 1.29 is 5.11 Å². The number of aliphatic hydroxyl groups excluding tert-OH is 1. The number of allylic oxidation sites excluding steroid dienone is 2. The number of aliphatic hydroxyl groups is 1. The summed E-state index contributed by atoms with van der Waals surface area (Å²) in [6.45, 7) is 7.72. The Labute approximate surface area is 63.1 Å². The van der Waals surface area contributed by atoms with Crippen LogP contribution in [-0.4, -0.2) is 11.2 Å². The highest BCUT2D eigenvalue weighted by Crippen LogP contribution is 2.09. The fourth-order valence-corrected chi connectivity index (χ4v) is 0.675. The minimum atomic E-state index is -0.380. The van der Waals surface area contributed by atoms with Crippen LogP contribution in [0.4, 0.5) is 0 Å². The molecule has 0 heterocycles. The van der Waals surface area contributed by atoms with Gasteiger partial charge >= 0.3 is 0 Å². The number of hydrogen-bond donors (Lipinski definition) is 1. The Kier molecular flexibility index (Phi) is 4.05. The second-order valence-electron chi connectivity index (χ2n) is 2.47. The van der Waals surface area contributed by atoms with Gasteiger partial charge in [-0.15, -0.1) is 0 Å². The largest absolute Gasteiger partial charge is 0.384 e. The van der Waals surface area contributed by atoms with E-state index >= 15 is 0 Å². The summed E-state index contributed by atoms with van der Waals surface area (Å²) in [7, 11) is 0. The molecule has 1 atom stereocenters. The molecule has 1 N–H and O–H groups in total. The maximum Gasteiger partial charge on any atom is 0.0955 e. The molecule has 0 aromatic carbocycles. The van der Waals surface area contributed by atoms with E-state index < -0.39 is 0 Å². The molecule has 0 saturated carbocycles. The summed E-state index contributed by atoms with van der Waals surface area (Å²) in [5.74, 6) is 0. The lowest BCUT2D eigenvalue weighted by Crippen LogP contribution is -2.08. The van der Waals surface area contributed by atoms with Crippen LogP contribution in [0.15, 0.2) is 23.3 Å². The highest BCUT2D eigenvalue weighted by atomic mass is 16.3. The molecule has 0 spiro atoms. The van der Waals surface area contributed by atoms with Crippen molar-refractivity contribution in [1.82, 2.24) is 0 Å². The third kappa shape index (κ3) is 2.36. The average Bonchev–Trinajstić information content (AvgIpc) is 2.00. The lowest BCUT2D eigenvalue weighted by Gasteiger charge is -2.10. The van der Waals surface area contributed by atoms with Gasteiger partial charge in [-0.1, -0.05) is 12.2 Å². The van der Waals surface area contributed by atoms with Gasteiger partial charge in [-0.2, -0.15) is 0 Å². The lowest BCUT2D eigenvalue weighted by atomic mass is 10.0. The first-order valence-electron chi connectivity index (χ1n) is 3.57. The van der Waals surface area contributed by atoms with Crippen molar-refractivity contribution in [3.63, 3.8) is 0 Å². The Bertz CT molecular complexity index is 136. The molecule has 58 valence electrons. The molecular formula is C9H16O. The van der Waals surface area contributed by atoms with Crippen molar-refractivity contribution in [2.24, 2.45) is 0 Å². The highest BCUT2D eigenvalue weighted by molar-refractivity contribution is 5.18. The van der Waals surface area contributed by atoms with E-state index in [2.05, 4.69) is 0 Å². The molecule has 10 heavy (non-hydrogen) atoms. The fraction of sp³-hybridized carbons (Fsp3) is 0.556. The lowest BCUT2D eigenvalue weighted by molar-refractivity contribution is 0.246. The predicted octanol–water partition coefficient (Wildman–Crippen LogP) is 2.28. The number of rotatable bonds is 2. The Morgan fingerprint density at radius 1 is 1.10 bits per heavy atom. The van der Waals surface area contributed by atoms with E-state index in [9.17, 15) is 5.11 Å². The molecule has 1 unspecified atom stereocenters. The van der Waals surface area contributed by atoms with Gasteiger partial charge in [0, 0.05) is 0 Å². The molecule has 0 radical (unpaired) electrons. The zero-order chi connectivity index (χ0) is 8.15. The maximum absolute atomic E-state index is 9.45. The van der Waals surface area contributed by atoms with Crippen LogP contribution in [0, 0.1) is 0 Å². The Hall–Kier alpha value is -0.560. The van der Waals surface area contributed by atoms with E-state index in [1.165, 1.54) is 0 Å². The summed E-state index contributed by atoms with van der Waals surface area (Å²) in [5, 5.41) is 9.45. The molecule has 0 saturated heterocycles. The molecule has 0 aliphatic carbocycles. The van der Waals surface area contributed by atoms with E-state index in [1.54, 1.807) is 0 Å². The highest BCUT2D eigenvalue weighted by Gasteiger charge is 2.05. The zero-order valence-electron chi connectivity index (χ0n) is 7.18. The van der Waals surface area contributed by atoms with Gasteiger partial charge in [0.1, 0.15) is 0 Å². The standard InChI is InChI=1S/C9H16O/c1-5-7(3)9(10)8(4)6-2/h5-6,9-10H,1-4H3/b7-5-,8-6+. The zero-order valence-corrected chi connectivity index (χ0v) is 7.18. The van der Waals surface area contributed by atoms with Crippen molar-refractivity contribution in [3.8, 4) is 0 Å². The SMILES string of the molecule is C/C=C(/C)C(O)/C(C)=C/C. The van der Waals surface area contributed by atoms with Gasteiger partial charge < -0.3 is 5.11 Å². The smallest absolute Gasteiger partial charge is 0.0955 e. The molecular weight excluding hydrogens is 124 g/mol. The van der Waals surface area contributed by atoms with E-state index in [1.807, 2.05) is 39.8 Å². The topological polar surface area (TPSA) is 20.2 Å². The molecule has 0 aromatic rings. The van der Waals surface area contributed by atoms with E-state index in [4.69, 9.17) is 0 Å². The number of hydrogen-bond acceptors (Lipinski definition) is 1. The fourth-order valence-electron chi connectivity index (χ4n) is 0.675. The summed E-state index contributed by atoms with van der Waals surface area (Å²) >= 11 is 0. The summed E-state index contributed by atoms with van der Waals surface area (Å²) in [5.41, 5.74) is 2.02. The van der Waals surface area contributed by atoms with Gasteiger partial charge in [0.15, 0.2) is 0 Å². The molecule has 0 aliphatic heterocycles. The first-order chi connectivity index (χ1) is 4.63. The third-order valence-electron chi connectivity index (χ3n) is 1.77. The second-order valence-corrected chi connectivity index (χ2v) is 2.47. The maximum atomic E-state index is 9.45. The van der Waals surface area contributed by atoms with Crippen LogP contribution >= 0.6 is 0 Å². The van der Waals surface area contributed by atoms with Crippen LogP contribution < -0.4 is 0 Å². The van der Waals surface area contributed by atoms with Crippen molar-refractivity contribution in [1.29, 1.82) is 0 Å². The molecule has 0 aliphatic rings. The van der Waals surface area contributed by atoms with Gasteiger partial charge in [-0.3, -0.25) is 0 Å². The molecule has 1 heteroatoms. The second kappa shape index (κ2) is 4.29. The van der Waals surface area contributed by atoms with Crippen LogP contribution in [0.25, 0.3) is 0 Å². The van der Waals surface area contributed by atoms with Gasteiger partial charge in [0.25, 0.3) is 0 Å². The van der Waals surface area contributed by atoms with Gasteiger partial charge in [0.05, 0.1) is 6.10 Å². The summed E-state index contributed by atoms with van der Waals surface area (Å²) in [6.07, 6.45) is 3.48. The molecule has 0 bridgehead atoms. The molecule has 0 amide bonds. The average molecular weight is 140 g/mol. The molecule has 0 aromatic heterocycles.